The Kier molecular flexibility index (Phi) is 3.52. The molecule has 4 heteroatoms. The number of hydrogen-bond acceptors (Lipinski definition) is 3. The van der Waals surface area contributed by atoms with Crippen molar-refractivity contribution in [3.63, 3.8) is 0 Å². The predicted octanol–water partition coefficient (Wildman–Crippen LogP) is 7.14. The Labute approximate surface area is 183 Å². The number of aromatic nitrogens is 3. The number of rotatable bonds is 2. The molecule has 0 N–H and O–H groups in total. The first-order valence-corrected chi connectivity index (χ1v) is 10.6. The molecule has 0 unspecified atom stereocenters. The number of pyridine rings is 2. The van der Waals surface area contributed by atoms with E-state index in [2.05, 4.69) is 64.1 Å². The van der Waals surface area contributed by atoms with Crippen LogP contribution in [0.4, 0.5) is 0 Å². The van der Waals surface area contributed by atoms with Crippen LogP contribution in [0.25, 0.3) is 61.0 Å². The number of furan rings is 1. The molecular formula is C28H17N3O. The normalized spacial score (nSPS) is 11.8. The third kappa shape index (κ3) is 2.38. The maximum atomic E-state index is 6.25. The maximum Gasteiger partial charge on any atom is 0.146 e. The number of para-hydroxylation sites is 3. The van der Waals surface area contributed by atoms with Crippen LogP contribution in [-0.2, 0) is 0 Å². The van der Waals surface area contributed by atoms with E-state index in [0.717, 1.165) is 55.6 Å². The average Bonchev–Trinajstić information content (AvgIpc) is 3.40. The van der Waals surface area contributed by atoms with E-state index >= 15 is 0 Å². The molecule has 4 nitrogen and oxygen atoms in total. The van der Waals surface area contributed by atoms with Gasteiger partial charge in [-0.1, -0.05) is 54.6 Å². The molecule has 0 aliphatic rings. The number of hydrogen-bond donors (Lipinski definition) is 0. The lowest BCUT2D eigenvalue weighted by atomic mass is 10.1. The Hall–Kier alpha value is -4.44. The average molecular weight is 411 g/mol. The fourth-order valence-corrected chi connectivity index (χ4v) is 4.67. The van der Waals surface area contributed by atoms with Gasteiger partial charge in [-0.15, -0.1) is 0 Å². The van der Waals surface area contributed by atoms with E-state index in [9.17, 15) is 0 Å². The van der Waals surface area contributed by atoms with E-state index < -0.39 is 0 Å². The minimum atomic E-state index is 0.834. The molecule has 150 valence electrons. The van der Waals surface area contributed by atoms with Gasteiger partial charge in [-0.05, 0) is 42.5 Å². The molecule has 32 heavy (non-hydrogen) atoms. The van der Waals surface area contributed by atoms with Crippen LogP contribution < -0.4 is 0 Å². The largest absolute Gasteiger partial charge is 0.455 e. The molecule has 4 aromatic heterocycles. The van der Waals surface area contributed by atoms with Gasteiger partial charge in [-0.3, -0.25) is 4.57 Å². The Morgan fingerprint density at radius 2 is 1.41 bits per heavy atom. The number of nitrogens with zero attached hydrogens (tertiary/aromatic N) is 3. The minimum absolute atomic E-state index is 0.834. The molecule has 0 atom stereocenters. The smallest absolute Gasteiger partial charge is 0.146 e. The van der Waals surface area contributed by atoms with Crippen LogP contribution in [0.3, 0.4) is 0 Å². The van der Waals surface area contributed by atoms with Crippen molar-refractivity contribution in [2.24, 2.45) is 0 Å². The summed E-state index contributed by atoms with van der Waals surface area (Å²) in [7, 11) is 0. The van der Waals surface area contributed by atoms with Crippen LogP contribution in [-0.4, -0.2) is 14.5 Å². The Morgan fingerprint density at radius 1 is 0.625 bits per heavy atom. The van der Waals surface area contributed by atoms with Crippen molar-refractivity contribution >= 4 is 43.9 Å². The SMILES string of the molecule is c1cc(-c2cccc3c2oc2ccccc23)nc(-n2c3ccccc3c3cccnc32)c1. The van der Waals surface area contributed by atoms with Gasteiger partial charge in [0, 0.05) is 33.3 Å². The van der Waals surface area contributed by atoms with Crippen LogP contribution in [0.2, 0.25) is 0 Å². The second-order valence-electron chi connectivity index (χ2n) is 7.89. The van der Waals surface area contributed by atoms with Crippen LogP contribution >= 0.6 is 0 Å². The van der Waals surface area contributed by atoms with Crippen molar-refractivity contribution in [1.82, 2.24) is 14.5 Å². The van der Waals surface area contributed by atoms with Crippen molar-refractivity contribution in [2.45, 2.75) is 0 Å². The zero-order valence-electron chi connectivity index (χ0n) is 17.1. The number of benzene rings is 3. The highest BCUT2D eigenvalue weighted by Crippen LogP contribution is 2.36. The van der Waals surface area contributed by atoms with E-state index in [-0.39, 0.29) is 0 Å². The van der Waals surface area contributed by atoms with Crippen molar-refractivity contribution in [2.75, 3.05) is 0 Å². The van der Waals surface area contributed by atoms with E-state index in [1.165, 1.54) is 5.39 Å². The van der Waals surface area contributed by atoms with Crippen LogP contribution in [0.15, 0.2) is 108 Å². The van der Waals surface area contributed by atoms with Gasteiger partial charge < -0.3 is 4.42 Å². The lowest BCUT2D eigenvalue weighted by Gasteiger charge is -2.09. The van der Waals surface area contributed by atoms with Crippen LogP contribution in [0.1, 0.15) is 0 Å². The highest BCUT2D eigenvalue weighted by Gasteiger charge is 2.16. The van der Waals surface area contributed by atoms with Gasteiger partial charge in [-0.2, -0.15) is 0 Å². The molecule has 0 aliphatic heterocycles. The first kappa shape index (κ1) is 17.3. The molecule has 3 aromatic carbocycles. The zero-order valence-corrected chi connectivity index (χ0v) is 17.1. The summed E-state index contributed by atoms with van der Waals surface area (Å²) in [6, 6.07) is 32.9. The third-order valence-electron chi connectivity index (χ3n) is 6.08. The first-order chi connectivity index (χ1) is 15.9. The minimum Gasteiger partial charge on any atom is -0.455 e. The molecule has 0 fully saturated rings. The van der Waals surface area contributed by atoms with Gasteiger partial charge in [0.05, 0.1) is 11.2 Å². The summed E-state index contributed by atoms with van der Waals surface area (Å²) in [6.07, 6.45) is 1.83. The lowest BCUT2D eigenvalue weighted by molar-refractivity contribution is 0.670. The van der Waals surface area contributed by atoms with Gasteiger partial charge in [0.1, 0.15) is 22.6 Å². The predicted molar refractivity (Wildman–Crippen MR) is 129 cm³/mol. The fraction of sp³-hybridized carbons (Fsp3) is 0. The number of fused-ring (bicyclic) bond motifs is 6. The van der Waals surface area contributed by atoms with Crippen molar-refractivity contribution < 1.29 is 4.42 Å². The highest BCUT2D eigenvalue weighted by molar-refractivity contribution is 6.09. The van der Waals surface area contributed by atoms with E-state index in [1.54, 1.807) is 0 Å². The second-order valence-corrected chi connectivity index (χ2v) is 7.89. The summed E-state index contributed by atoms with van der Waals surface area (Å²) in [5, 5.41) is 4.51. The summed E-state index contributed by atoms with van der Waals surface area (Å²) in [5.74, 6) is 0.834. The molecule has 0 spiro atoms. The fourth-order valence-electron chi connectivity index (χ4n) is 4.67. The molecule has 7 aromatic rings. The van der Waals surface area contributed by atoms with Crippen molar-refractivity contribution in [3.8, 4) is 17.1 Å². The van der Waals surface area contributed by atoms with Crippen molar-refractivity contribution in [1.29, 1.82) is 0 Å². The maximum absolute atomic E-state index is 6.25. The molecule has 4 heterocycles. The molecule has 0 bridgehead atoms. The first-order valence-electron chi connectivity index (χ1n) is 10.6. The molecular weight excluding hydrogens is 394 g/mol. The van der Waals surface area contributed by atoms with Gasteiger partial charge in [0.2, 0.25) is 0 Å². The molecule has 0 saturated carbocycles. The third-order valence-corrected chi connectivity index (χ3v) is 6.08. The van der Waals surface area contributed by atoms with E-state index in [0.29, 0.717) is 0 Å². The molecule has 7 rings (SSSR count). The molecule has 0 saturated heterocycles. The van der Waals surface area contributed by atoms with Gasteiger partial charge in [0.15, 0.2) is 0 Å². The molecule has 0 aliphatic carbocycles. The van der Waals surface area contributed by atoms with Crippen LogP contribution in [0.5, 0.6) is 0 Å². The molecule has 0 amide bonds. The Bertz CT molecular complexity index is 1740. The summed E-state index contributed by atoms with van der Waals surface area (Å²) in [5.41, 5.74) is 5.59. The monoisotopic (exact) mass is 411 g/mol. The Balaban J connectivity index is 1.50. The van der Waals surface area contributed by atoms with Gasteiger partial charge >= 0.3 is 0 Å². The van der Waals surface area contributed by atoms with Crippen LogP contribution in [0, 0.1) is 0 Å². The quantitative estimate of drug-likeness (QED) is 0.304. The van der Waals surface area contributed by atoms with E-state index in [1.807, 2.05) is 48.7 Å². The second kappa shape index (κ2) is 6.53. The lowest BCUT2D eigenvalue weighted by Crippen LogP contribution is -1.99. The Morgan fingerprint density at radius 3 is 2.38 bits per heavy atom. The summed E-state index contributed by atoms with van der Waals surface area (Å²) >= 11 is 0. The standard InChI is InChI=1S/C28H17N3O/c1-3-14-24-18(8-1)21-12-7-17-29-28(21)31(24)26-16-6-13-23(30-26)22-11-5-10-20-19-9-2-4-15-25(19)32-27(20)22/h1-17H. The summed E-state index contributed by atoms with van der Waals surface area (Å²) < 4.78 is 8.38. The summed E-state index contributed by atoms with van der Waals surface area (Å²) in [6.45, 7) is 0. The topological polar surface area (TPSA) is 43.9 Å². The summed E-state index contributed by atoms with van der Waals surface area (Å²) in [4.78, 5) is 9.75. The van der Waals surface area contributed by atoms with Crippen molar-refractivity contribution in [3.05, 3.63) is 103 Å². The van der Waals surface area contributed by atoms with Gasteiger partial charge in [-0.25, -0.2) is 9.97 Å². The zero-order chi connectivity index (χ0) is 21.1. The molecule has 0 radical (unpaired) electrons. The van der Waals surface area contributed by atoms with Gasteiger partial charge in [0.25, 0.3) is 0 Å². The van der Waals surface area contributed by atoms with E-state index in [4.69, 9.17) is 9.40 Å². The highest BCUT2D eigenvalue weighted by atomic mass is 16.3.